The van der Waals surface area contributed by atoms with Gasteiger partial charge in [-0.1, -0.05) is 36.7 Å². The number of benzene rings is 1. The molecule has 0 bridgehead atoms. The summed E-state index contributed by atoms with van der Waals surface area (Å²) in [4.78, 5) is 41.3. The van der Waals surface area contributed by atoms with E-state index < -0.39 is 17.4 Å². The number of halogens is 1. The van der Waals surface area contributed by atoms with Gasteiger partial charge < -0.3 is 5.32 Å². The van der Waals surface area contributed by atoms with Gasteiger partial charge in [-0.25, -0.2) is 0 Å². The van der Waals surface area contributed by atoms with Crippen molar-refractivity contribution < 1.29 is 14.4 Å². The average molecular weight is 434 g/mol. The highest BCUT2D eigenvalue weighted by atomic mass is 79.9. The molecule has 144 valence electrons. The highest BCUT2D eigenvalue weighted by molar-refractivity contribution is 9.10. The third-order valence-corrected chi connectivity index (χ3v) is 6.89. The zero-order chi connectivity index (χ0) is 19.7. The van der Waals surface area contributed by atoms with E-state index in [2.05, 4.69) is 26.6 Å². The van der Waals surface area contributed by atoms with Gasteiger partial charge in [0.1, 0.15) is 5.54 Å². The van der Waals surface area contributed by atoms with Crippen LogP contribution >= 0.6 is 15.9 Å². The molecule has 3 amide bonds. The third-order valence-electron chi connectivity index (χ3n) is 6.40. The third kappa shape index (κ3) is 2.30. The molecule has 2 saturated heterocycles. The molecular formula is C20H24BrN3O3. The fourth-order valence-electron chi connectivity index (χ4n) is 4.92. The molecular weight excluding hydrogens is 410 g/mol. The molecule has 1 aromatic carbocycles. The predicted octanol–water partition coefficient (Wildman–Crippen LogP) is 2.62. The second-order valence-electron chi connectivity index (χ2n) is 8.17. The number of hydrogen-bond donors (Lipinski definition) is 2. The van der Waals surface area contributed by atoms with E-state index in [4.69, 9.17) is 0 Å². The summed E-state index contributed by atoms with van der Waals surface area (Å²) in [6, 6.07) is 5.16. The number of fused-ring (bicyclic) bond motifs is 4. The van der Waals surface area contributed by atoms with Crippen molar-refractivity contribution in [3.05, 3.63) is 28.2 Å². The molecule has 5 atom stereocenters. The van der Waals surface area contributed by atoms with Crippen molar-refractivity contribution in [3.8, 4) is 0 Å². The largest absolute Gasteiger partial charge is 0.324 e. The van der Waals surface area contributed by atoms with Crippen LogP contribution in [0.5, 0.6) is 0 Å². The number of hydrogen-bond acceptors (Lipinski definition) is 4. The molecule has 3 heterocycles. The maximum absolute atomic E-state index is 13.4. The molecule has 2 N–H and O–H groups in total. The number of carbonyl (C=O) groups is 3. The van der Waals surface area contributed by atoms with Crippen molar-refractivity contribution in [2.75, 3.05) is 5.32 Å². The van der Waals surface area contributed by atoms with Gasteiger partial charge in [0.15, 0.2) is 0 Å². The molecule has 3 unspecified atom stereocenters. The number of anilines is 1. The Morgan fingerprint density at radius 2 is 1.89 bits per heavy atom. The Kier molecular flexibility index (Phi) is 4.23. The van der Waals surface area contributed by atoms with Crippen LogP contribution in [0.1, 0.15) is 39.7 Å². The summed E-state index contributed by atoms with van der Waals surface area (Å²) in [7, 11) is 0. The van der Waals surface area contributed by atoms with E-state index in [9.17, 15) is 14.4 Å². The first-order valence-electron chi connectivity index (χ1n) is 9.50. The summed E-state index contributed by atoms with van der Waals surface area (Å²) in [6.07, 6.45) is 0.692. The Bertz CT molecular complexity index is 855. The summed E-state index contributed by atoms with van der Waals surface area (Å²) >= 11 is 3.48. The van der Waals surface area contributed by atoms with Gasteiger partial charge in [-0.2, -0.15) is 0 Å². The molecule has 7 heteroatoms. The first kappa shape index (κ1) is 18.6. The number of carbonyl (C=O) groups excluding carboxylic acids is 3. The van der Waals surface area contributed by atoms with Gasteiger partial charge >= 0.3 is 0 Å². The quantitative estimate of drug-likeness (QED) is 0.718. The molecule has 0 radical (unpaired) electrons. The Labute approximate surface area is 167 Å². The van der Waals surface area contributed by atoms with Crippen LogP contribution in [-0.2, 0) is 19.9 Å². The molecule has 0 aliphatic carbocycles. The molecule has 3 aliphatic heterocycles. The minimum Gasteiger partial charge on any atom is -0.324 e. The number of nitrogens with one attached hydrogen (secondary N) is 2. The Hall–Kier alpha value is -1.73. The molecule has 4 rings (SSSR count). The smallest absolute Gasteiger partial charge is 0.250 e. The number of imide groups is 1. The Morgan fingerprint density at radius 1 is 1.19 bits per heavy atom. The molecule has 6 nitrogen and oxygen atoms in total. The standard InChI is InChI=1S/C20H24BrN3O3/c1-5-10(4)24-17(25)14-15(18(24)26)20(23-16(14)9(2)3)12-8-11(21)6-7-13(12)22-19(20)27/h6-10,14-16,23H,5H2,1-4H3,(H,22,27)/t10?,14-,15-,16?,20?/m1/s1. The molecule has 0 saturated carbocycles. The first-order valence-corrected chi connectivity index (χ1v) is 10.3. The number of likely N-dealkylation sites (tertiary alicyclic amines) is 1. The fraction of sp³-hybridized carbons (Fsp3) is 0.550. The van der Waals surface area contributed by atoms with Gasteiger partial charge in [0, 0.05) is 27.8 Å². The van der Waals surface area contributed by atoms with Gasteiger partial charge in [0.05, 0.1) is 11.8 Å². The first-order chi connectivity index (χ1) is 12.7. The van der Waals surface area contributed by atoms with Gasteiger partial charge in [-0.15, -0.1) is 0 Å². The van der Waals surface area contributed by atoms with Crippen LogP contribution in [0.4, 0.5) is 5.69 Å². The lowest BCUT2D eigenvalue weighted by molar-refractivity contribution is -0.145. The SMILES string of the molecule is CCC(C)N1C(=O)[C@H]2C(C(C)C)NC3(C(=O)Nc4ccc(Br)cc43)[C@H]2C1=O. The number of amides is 3. The second-order valence-corrected chi connectivity index (χ2v) is 9.09. The maximum Gasteiger partial charge on any atom is 0.250 e. The van der Waals surface area contributed by atoms with Gasteiger partial charge in [-0.05, 0) is 37.5 Å². The summed E-state index contributed by atoms with van der Waals surface area (Å²) in [5.41, 5.74) is 0.237. The second kappa shape index (κ2) is 6.14. The monoisotopic (exact) mass is 433 g/mol. The van der Waals surface area contributed by atoms with Crippen LogP contribution in [0.3, 0.4) is 0 Å². The maximum atomic E-state index is 13.4. The lowest BCUT2D eigenvalue weighted by Crippen LogP contribution is -2.54. The molecule has 2 fully saturated rings. The zero-order valence-corrected chi connectivity index (χ0v) is 17.5. The van der Waals surface area contributed by atoms with Crippen LogP contribution in [0, 0.1) is 17.8 Å². The fourth-order valence-corrected chi connectivity index (χ4v) is 5.28. The predicted molar refractivity (Wildman–Crippen MR) is 105 cm³/mol. The lowest BCUT2D eigenvalue weighted by atomic mass is 9.76. The van der Waals surface area contributed by atoms with Crippen molar-refractivity contribution in [3.63, 3.8) is 0 Å². The van der Waals surface area contributed by atoms with E-state index in [0.29, 0.717) is 12.1 Å². The van der Waals surface area contributed by atoms with Crippen molar-refractivity contribution in [2.45, 2.75) is 51.7 Å². The van der Waals surface area contributed by atoms with Crippen LogP contribution in [-0.4, -0.2) is 34.7 Å². The molecule has 1 spiro atoms. The van der Waals surface area contributed by atoms with E-state index in [0.717, 1.165) is 10.0 Å². The summed E-state index contributed by atoms with van der Waals surface area (Å²) in [5, 5.41) is 6.36. The summed E-state index contributed by atoms with van der Waals surface area (Å²) < 4.78 is 0.832. The van der Waals surface area contributed by atoms with E-state index in [-0.39, 0.29) is 35.7 Å². The Morgan fingerprint density at radius 3 is 2.52 bits per heavy atom. The van der Waals surface area contributed by atoms with E-state index >= 15 is 0 Å². The van der Waals surface area contributed by atoms with E-state index in [1.165, 1.54) is 4.90 Å². The van der Waals surface area contributed by atoms with E-state index in [1.54, 1.807) is 0 Å². The van der Waals surface area contributed by atoms with Gasteiger partial charge in [0.2, 0.25) is 17.7 Å². The molecule has 27 heavy (non-hydrogen) atoms. The van der Waals surface area contributed by atoms with Crippen LogP contribution in [0.15, 0.2) is 22.7 Å². The topological polar surface area (TPSA) is 78.5 Å². The number of rotatable bonds is 3. The summed E-state index contributed by atoms with van der Waals surface area (Å²) in [5.74, 6) is -1.78. The molecule has 3 aliphatic rings. The van der Waals surface area contributed by atoms with Crippen molar-refractivity contribution in [2.24, 2.45) is 17.8 Å². The van der Waals surface area contributed by atoms with Crippen LogP contribution < -0.4 is 10.6 Å². The number of nitrogens with zero attached hydrogens (tertiary/aromatic N) is 1. The highest BCUT2D eigenvalue weighted by Crippen LogP contribution is 2.54. The van der Waals surface area contributed by atoms with Crippen LogP contribution in [0.25, 0.3) is 0 Å². The Balaban J connectivity index is 1.92. The molecule has 1 aromatic rings. The molecule has 0 aromatic heterocycles. The zero-order valence-electron chi connectivity index (χ0n) is 15.9. The van der Waals surface area contributed by atoms with Gasteiger partial charge in [-0.3, -0.25) is 24.6 Å². The van der Waals surface area contributed by atoms with Crippen molar-refractivity contribution >= 4 is 39.3 Å². The summed E-state index contributed by atoms with van der Waals surface area (Å²) in [6.45, 7) is 7.89. The minimum absolute atomic E-state index is 0.106. The van der Waals surface area contributed by atoms with Gasteiger partial charge in [0.25, 0.3) is 0 Å². The minimum atomic E-state index is -1.20. The van der Waals surface area contributed by atoms with Crippen LogP contribution in [0.2, 0.25) is 0 Å². The van der Waals surface area contributed by atoms with Crippen molar-refractivity contribution in [1.82, 2.24) is 10.2 Å². The van der Waals surface area contributed by atoms with Crippen molar-refractivity contribution in [1.29, 1.82) is 0 Å². The highest BCUT2D eigenvalue weighted by Gasteiger charge is 2.71. The lowest BCUT2D eigenvalue weighted by Gasteiger charge is -2.31. The average Bonchev–Trinajstić information content (AvgIpc) is 3.20. The normalized spacial score (nSPS) is 33.0. The van der Waals surface area contributed by atoms with E-state index in [1.807, 2.05) is 45.9 Å².